The van der Waals surface area contributed by atoms with Crippen LogP contribution in [-0.2, 0) is 0 Å². The van der Waals surface area contributed by atoms with Crippen LogP contribution in [0, 0.1) is 6.92 Å². The first-order valence-electron chi connectivity index (χ1n) is 8.52. The highest BCUT2D eigenvalue weighted by Crippen LogP contribution is 2.35. The Hall–Kier alpha value is -1.89. The van der Waals surface area contributed by atoms with Gasteiger partial charge >= 0.3 is 0 Å². The van der Waals surface area contributed by atoms with Crippen LogP contribution in [0.15, 0.2) is 30.7 Å². The van der Waals surface area contributed by atoms with Gasteiger partial charge in [-0.1, -0.05) is 11.6 Å². The Labute approximate surface area is 154 Å². The fourth-order valence-electron chi connectivity index (χ4n) is 3.57. The topological polar surface area (TPSA) is 47.1 Å². The summed E-state index contributed by atoms with van der Waals surface area (Å²) >= 11 is 8.27. The number of imidazole rings is 1. The van der Waals surface area contributed by atoms with Gasteiger partial charge in [-0.3, -0.25) is 0 Å². The van der Waals surface area contributed by atoms with Gasteiger partial charge < -0.3 is 9.72 Å². The van der Waals surface area contributed by atoms with Gasteiger partial charge in [-0.05, 0) is 50.9 Å². The molecule has 5 nitrogen and oxygen atoms in total. The lowest BCUT2D eigenvalue weighted by molar-refractivity contribution is 0.465. The number of aryl methyl sites for hydroxylation is 1. The van der Waals surface area contributed by atoms with E-state index < -0.39 is 0 Å². The van der Waals surface area contributed by atoms with Crippen molar-refractivity contribution in [3.63, 3.8) is 0 Å². The molecule has 5 rings (SSSR count). The molecule has 1 N–H and O–H groups in total. The molecule has 0 bridgehead atoms. The standard InChI is InChI=1S/C18H18ClN5S/c1-11-8-23-9-13(6-14(19)18(23)21-11)24-10-17-15(22-24)7-16(25-17)12-2-4-20-5-3-12/h6-10,12,20H,2-5H2,1H3. The SMILES string of the molecule is Cc1cn2cc(-n3cc4sc(C5CCNCC5)cc4n3)cc(Cl)c2n1. The van der Waals surface area contributed by atoms with E-state index in [0.717, 1.165) is 35.6 Å². The number of nitrogens with one attached hydrogen (secondary N) is 1. The number of halogens is 1. The Morgan fingerprint density at radius 3 is 2.84 bits per heavy atom. The Bertz CT molecular complexity index is 1040. The average Bonchev–Trinajstić information content (AvgIpc) is 3.27. The number of rotatable bonds is 2. The summed E-state index contributed by atoms with van der Waals surface area (Å²) in [5.41, 5.74) is 3.75. The molecule has 0 saturated carbocycles. The average molecular weight is 372 g/mol. The van der Waals surface area contributed by atoms with Crippen LogP contribution in [0.25, 0.3) is 21.6 Å². The first kappa shape index (κ1) is 15.4. The van der Waals surface area contributed by atoms with Gasteiger partial charge in [-0.15, -0.1) is 11.3 Å². The number of thiophene rings is 1. The van der Waals surface area contributed by atoms with Gasteiger partial charge in [0.1, 0.15) is 5.52 Å². The summed E-state index contributed by atoms with van der Waals surface area (Å²) in [6.07, 6.45) is 8.54. The lowest BCUT2D eigenvalue weighted by atomic mass is 9.96. The molecular weight excluding hydrogens is 354 g/mol. The van der Waals surface area contributed by atoms with E-state index in [2.05, 4.69) is 22.6 Å². The fourth-order valence-corrected chi connectivity index (χ4v) is 5.01. The Morgan fingerprint density at radius 2 is 2.04 bits per heavy atom. The van der Waals surface area contributed by atoms with Gasteiger partial charge in [0.05, 0.1) is 21.1 Å². The molecule has 4 aromatic rings. The van der Waals surface area contributed by atoms with E-state index in [1.54, 1.807) is 0 Å². The normalized spacial score (nSPS) is 16.2. The van der Waals surface area contributed by atoms with Crippen LogP contribution >= 0.6 is 22.9 Å². The number of pyridine rings is 1. The number of piperidine rings is 1. The summed E-state index contributed by atoms with van der Waals surface area (Å²) in [5, 5.41) is 8.84. The molecule has 1 aliphatic heterocycles. The molecule has 0 radical (unpaired) electrons. The lowest BCUT2D eigenvalue weighted by Gasteiger charge is -2.21. The Kier molecular flexibility index (Phi) is 3.58. The van der Waals surface area contributed by atoms with Crippen molar-refractivity contribution in [2.24, 2.45) is 0 Å². The maximum atomic E-state index is 6.40. The predicted octanol–water partition coefficient (Wildman–Crippen LogP) is 4.16. The minimum Gasteiger partial charge on any atom is -0.317 e. The third kappa shape index (κ3) is 2.65. The third-order valence-electron chi connectivity index (χ3n) is 4.83. The molecule has 0 unspecified atom stereocenters. The minimum absolute atomic E-state index is 0.639. The molecule has 1 saturated heterocycles. The zero-order valence-electron chi connectivity index (χ0n) is 13.9. The van der Waals surface area contributed by atoms with E-state index in [9.17, 15) is 0 Å². The summed E-state index contributed by atoms with van der Waals surface area (Å²) in [5.74, 6) is 0.675. The molecule has 0 amide bonds. The van der Waals surface area contributed by atoms with Crippen molar-refractivity contribution < 1.29 is 0 Å². The van der Waals surface area contributed by atoms with Crippen molar-refractivity contribution in [1.29, 1.82) is 0 Å². The van der Waals surface area contributed by atoms with E-state index in [-0.39, 0.29) is 0 Å². The van der Waals surface area contributed by atoms with Crippen LogP contribution in [-0.4, -0.2) is 32.3 Å². The molecule has 0 atom stereocenters. The summed E-state index contributed by atoms with van der Waals surface area (Å²) in [4.78, 5) is 5.90. The zero-order chi connectivity index (χ0) is 17.0. The molecule has 0 aliphatic carbocycles. The van der Waals surface area contributed by atoms with E-state index >= 15 is 0 Å². The second kappa shape index (κ2) is 5.83. The highest BCUT2D eigenvalue weighted by molar-refractivity contribution is 7.19. The number of aromatic nitrogens is 4. The van der Waals surface area contributed by atoms with Crippen molar-refractivity contribution in [2.75, 3.05) is 13.1 Å². The smallest absolute Gasteiger partial charge is 0.155 e. The molecule has 128 valence electrons. The largest absolute Gasteiger partial charge is 0.317 e. The second-order valence-electron chi connectivity index (χ2n) is 6.66. The highest BCUT2D eigenvalue weighted by Gasteiger charge is 2.19. The van der Waals surface area contributed by atoms with Gasteiger partial charge in [-0.25, -0.2) is 9.67 Å². The van der Waals surface area contributed by atoms with Crippen molar-refractivity contribution in [2.45, 2.75) is 25.7 Å². The van der Waals surface area contributed by atoms with Crippen LogP contribution in [0.2, 0.25) is 5.02 Å². The summed E-state index contributed by atoms with van der Waals surface area (Å²) in [7, 11) is 0. The summed E-state index contributed by atoms with van der Waals surface area (Å²) < 4.78 is 5.10. The molecule has 4 aromatic heterocycles. The van der Waals surface area contributed by atoms with E-state index in [4.69, 9.17) is 16.7 Å². The van der Waals surface area contributed by atoms with Crippen molar-refractivity contribution in [3.05, 3.63) is 46.3 Å². The van der Waals surface area contributed by atoms with Crippen LogP contribution in [0.1, 0.15) is 29.3 Å². The van der Waals surface area contributed by atoms with E-state index in [1.807, 2.05) is 45.8 Å². The van der Waals surface area contributed by atoms with Crippen LogP contribution in [0.5, 0.6) is 0 Å². The van der Waals surface area contributed by atoms with Crippen LogP contribution in [0.3, 0.4) is 0 Å². The number of hydrogen-bond acceptors (Lipinski definition) is 4. The highest BCUT2D eigenvalue weighted by atomic mass is 35.5. The molecule has 1 aliphatic rings. The maximum absolute atomic E-state index is 6.40. The van der Waals surface area contributed by atoms with Crippen molar-refractivity contribution in [1.82, 2.24) is 24.5 Å². The second-order valence-corrected chi connectivity index (χ2v) is 8.18. The first-order valence-corrected chi connectivity index (χ1v) is 9.72. The molecule has 5 heterocycles. The van der Waals surface area contributed by atoms with Crippen LogP contribution in [0.4, 0.5) is 0 Å². The summed E-state index contributed by atoms with van der Waals surface area (Å²) in [6, 6.07) is 4.18. The fraction of sp³-hybridized carbons (Fsp3) is 0.333. The van der Waals surface area contributed by atoms with E-state index in [0.29, 0.717) is 10.9 Å². The van der Waals surface area contributed by atoms with Gasteiger partial charge in [0.15, 0.2) is 5.65 Å². The van der Waals surface area contributed by atoms with Crippen molar-refractivity contribution >= 4 is 38.8 Å². The molecule has 1 fully saturated rings. The summed E-state index contributed by atoms with van der Waals surface area (Å²) in [6.45, 7) is 4.20. The van der Waals surface area contributed by atoms with Crippen LogP contribution < -0.4 is 5.32 Å². The predicted molar refractivity (Wildman–Crippen MR) is 102 cm³/mol. The minimum atomic E-state index is 0.639. The molecule has 0 aromatic carbocycles. The molecule has 0 spiro atoms. The first-order chi connectivity index (χ1) is 12.2. The number of fused-ring (bicyclic) bond motifs is 2. The number of nitrogens with zero attached hydrogens (tertiary/aromatic N) is 4. The lowest BCUT2D eigenvalue weighted by Crippen LogP contribution is -2.26. The molecule has 7 heteroatoms. The van der Waals surface area contributed by atoms with Gasteiger partial charge in [0.25, 0.3) is 0 Å². The Balaban J connectivity index is 1.53. The third-order valence-corrected chi connectivity index (χ3v) is 6.33. The maximum Gasteiger partial charge on any atom is 0.155 e. The monoisotopic (exact) mass is 371 g/mol. The molecular formula is C18H18ClN5S. The van der Waals surface area contributed by atoms with Gasteiger partial charge in [-0.2, -0.15) is 5.10 Å². The zero-order valence-corrected chi connectivity index (χ0v) is 15.4. The van der Waals surface area contributed by atoms with Crippen molar-refractivity contribution in [3.8, 4) is 5.69 Å². The quantitative estimate of drug-likeness (QED) is 0.575. The number of hydrogen-bond donors (Lipinski definition) is 1. The Morgan fingerprint density at radius 1 is 1.20 bits per heavy atom. The van der Waals surface area contributed by atoms with Gasteiger partial charge in [0.2, 0.25) is 0 Å². The van der Waals surface area contributed by atoms with Gasteiger partial charge in [0, 0.05) is 23.5 Å². The molecule has 25 heavy (non-hydrogen) atoms. The van der Waals surface area contributed by atoms with E-state index in [1.165, 1.54) is 22.4 Å².